The lowest BCUT2D eigenvalue weighted by Gasteiger charge is -2.19. The first-order valence-electron chi connectivity index (χ1n) is 5.37. The van der Waals surface area contributed by atoms with Crippen molar-refractivity contribution in [3.63, 3.8) is 0 Å². The minimum atomic E-state index is -0.381. The summed E-state index contributed by atoms with van der Waals surface area (Å²) >= 11 is 0. The number of amides is 1. The second-order valence-corrected chi connectivity index (χ2v) is 4.94. The van der Waals surface area contributed by atoms with E-state index in [-0.39, 0.29) is 11.6 Å². The number of carbonyl (C=O) groups is 1. The smallest absolute Gasteiger partial charge is 0.407 e. The second-order valence-electron chi connectivity index (χ2n) is 4.94. The van der Waals surface area contributed by atoms with Gasteiger partial charge in [0.05, 0.1) is 0 Å². The molecule has 0 spiro atoms. The minimum absolute atomic E-state index is 0.260. The molecule has 0 aliphatic heterocycles. The van der Waals surface area contributed by atoms with E-state index in [9.17, 15) is 4.79 Å². The maximum Gasteiger partial charge on any atom is 0.407 e. The Morgan fingerprint density at radius 3 is 2.31 bits per heavy atom. The van der Waals surface area contributed by atoms with Gasteiger partial charge in [0.15, 0.2) is 0 Å². The lowest BCUT2D eigenvalue weighted by molar-refractivity contribution is 0.131. The topological polar surface area (TPSA) is 38.3 Å². The molecule has 1 aromatic carbocycles. The van der Waals surface area contributed by atoms with Crippen molar-refractivity contribution < 1.29 is 9.53 Å². The number of aryl methyl sites for hydroxylation is 1. The van der Waals surface area contributed by atoms with Crippen LogP contribution in [0.3, 0.4) is 0 Å². The zero-order valence-electron chi connectivity index (χ0n) is 10.3. The number of alkyl carbamates (subject to hydrolysis) is 1. The molecule has 0 saturated heterocycles. The quantitative estimate of drug-likeness (QED) is 0.833. The summed E-state index contributed by atoms with van der Waals surface area (Å²) in [5.74, 6) is 0. The fourth-order valence-corrected chi connectivity index (χ4v) is 1.18. The molecule has 0 unspecified atom stereocenters. The maximum absolute atomic E-state index is 11.4. The van der Waals surface area contributed by atoms with Crippen LogP contribution >= 0.6 is 0 Å². The Kier molecular flexibility index (Phi) is 3.93. The molecule has 0 atom stereocenters. The van der Waals surface area contributed by atoms with Crippen LogP contribution in [0.25, 0.3) is 0 Å². The lowest BCUT2D eigenvalue weighted by atomic mass is 10.1. The molecule has 0 saturated carbocycles. The van der Waals surface area contributed by atoms with Gasteiger partial charge >= 0.3 is 6.09 Å². The first kappa shape index (κ1) is 12.6. The van der Waals surface area contributed by atoms with Crippen LogP contribution in [-0.2, 0) is 11.3 Å². The highest BCUT2D eigenvalue weighted by Crippen LogP contribution is 2.05. The molecule has 1 N–H and O–H groups in total. The minimum Gasteiger partial charge on any atom is -0.445 e. The fraction of sp³-hybridized carbons (Fsp3) is 0.462. The third-order valence-electron chi connectivity index (χ3n) is 1.97. The first-order chi connectivity index (χ1) is 7.37. The lowest BCUT2D eigenvalue weighted by Crippen LogP contribution is -2.40. The molecule has 3 heteroatoms. The summed E-state index contributed by atoms with van der Waals surface area (Å²) in [6.45, 7) is 8.08. The van der Waals surface area contributed by atoms with Crippen molar-refractivity contribution in [3.05, 3.63) is 35.4 Å². The zero-order chi connectivity index (χ0) is 12.2. The van der Waals surface area contributed by atoms with Gasteiger partial charge in [-0.15, -0.1) is 0 Å². The Bertz CT molecular complexity index is 349. The predicted octanol–water partition coefficient (Wildman–Crippen LogP) is 3.02. The van der Waals surface area contributed by atoms with Crippen LogP contribution in [0.2, 0.25) is 0 Å². The molecule has 0 aliphatic rings. The van der Waals surface area contributed by atoms with E-state index >= 15 is 0 Å². The standard InChI is InChI=1S/C13H19NO2/c1-10-5-7-11(8-6-10)9-16-12(15)14-13(2,3)4/h5-8H,9H2,1-4H3,(H,14,15). The monoisotopic (exact) mass is 221 g/mol. The number of ether oxygens (including phenoxy) is 1. The van der Waals surface area contributed by atoms with Gasteiger partial charge in [-0.1, -0.05) is 29.8 Å². The van der Waals surface area contributed by atoms with Crippen molar-refractivity contribution in [3.8, 4) is 0 Å². The van der Waals surface area contributed by atoms with Crippen molar-refractivity contribution >= 4 is 6.09 Å². The number of hydrogen-bond donors (Lipinski definition) is 1. The molecule has 0 aromatic heterocycles. The van der Waals surface area contributed by atoms with E-state index in [4.69, 9.17) is 4.74 Å². The molecule has 0 bridgehead atoms. The average molecular weight is 221 g/mol. The van der Waals surface area contributed by atoms with Crippen LogP contribution in [0.5, 0.6) is 0 Å². The zero-order valence-corrected chi connectivity index (χ0v) is 10.3. The highest BCUT2D eigenvalue weighted by Gasteiger charge is 2.14. The number of benzene rings is 1. The number of carbonyl (C=O) groups excluding carboxylic acids is 1. The average Bonchev–Trinajstić information content (AvgIpc) is 2.14. The van der Waals surface area contributed by atoms with Crippen LogP contribution in [-0.4, -0.2) is 11.6 Å². The van der Waals surface area contributed by atoms with E-state index < -0.39 is 0 Å². The molecule has 16 heavy (non-hydrogen) atoms. The van der Waals surface area contributed by atoms with Crippen LogP contribution in [0.4, 0.5) is 4.79 Å². The predicted molar refractivity (Wildman–Crippen MR) is 64.3 cm³/mol. The Labute approximate surface area is 96.8 Å². The van der Waals surface area contributed by atoms with Crippen molar-refractivity contribution in [1.82, 2.24) is 5.32 Å². The fourth-order valence-electron chi connectivity index (χ4n) is 1.18. The van der Waals surface area contributed by atoms with Crippen molar-refractivity contribution in [1.29, 1.82) is 0 Å². The van der Waals surface area contributed by atoms with E-state index in [1.54, 1.807) is 0 Å². The molecule has 1 amide bonds. The molecule has 0 heterocycles. The molecule has 1 rings (SSSR count). The first-order valence-corrected chi connectivity index (χ1v) is 5.37. The van der Waals surface area contributed by atoms with Gasteiger partial charge in [-0.05, 0) is 33.3 Å². The van der Waals surface area contributed by atoms with Gasteiger partial charge < -0.3 is 10.1 Å². The highest BCUT2D eigenvalue weighted by atomic mass is 16.5. The summed E-state index contributed by atoms with van der Waals surface area (Å²) < 4.78 is 5.09. The number of nitrogens with one attached hydrogen (secondary N) is 1. The van der Waals surface area contributed by atoms with Gasteiger partial charge in [-0.2, -0.15) is 0 Å². The van der Waals surface area contributed by atoms with E-state index in [2.05, 4.69) is 5.32 Å². The molecular weight excluding hydrogens is 202 g/mol. The molecule has 0 radical (unpaired) electrons. The third kappa shape index (κ3) is 4.82. The van der Waals surface area contributed by atoms with Gasteiger partial charge in [0.2, 0.25) is 0 Å². The van der Waals surface area contributed by atoms with Gasteiger partial charge in [-0.3, -0.25) is 0 Å². The molecular formula is C13H19NO2. The van der Waals surface area contributed by atoms with Gasteiger partial charge in [0.25, 0.3) is 0 Å². The second kappa shape index (κ2) is 5.01. The third-order valence-corrected chi connectivity index (χ3v) is 1.97. The Morgan fingerprint density at radius 1 is 1.25 bits per heavy atom. The normalized spacial score (nSPS) is 11.0. The maximum atomic E-state index is 11.4. The van der Waals surface area contributed by atoms with Gasteiger partial charge in [-0.25, -0.2) is 4.79 Å². The summed E-state index contributed by atoms with van der Waals surface area (Å²) in [7, 11) is 0. The molecule has 1 aromatic rings. The summed E-state index contributed by atoms with van der Waals surface area (Å²) in [6.07, 6.45) is -0.381. The van der Waals surface area contributed by atoms with Crippen LogP contribution in [0, 0.1) is 6.92 Å². The molecule has 0 fully saturated rings. The van der Waals surface area contributed by atoms with Crippen LogP contribution in [0.15, 0.2) is 24.3 Å². The molecule has 3 nitrogen and oxygen atoms in total. The molecule has 0 aliphatic carbocycles. The number of rotatable bonds is 2. The Morgan fingerprint density at radius 2 is 1.81 bits per heavy atom. The van der Waals surface area contributed by atoms with Crippen LogP contribution in [0.1, 0.15) is 31.9 Å². The SMILES string of the molecule is Cc1ccc(COC(=O)NC(C)(C)C)cc1. The van der Waals surface area contributed by atoms with Crippen molar-refractivity contribution in [2.24, 2.45) is 0 Å². The molecule has 88 valence electrons. The highest BCUT2D eigenvalue weighted by molar-refractivity contribution is 5.68. The van der Waals surface area contributed by atoms with E-state index in [0.717, 1.165) is 5.56 Å². The van der Waals surface area contributed by atoms with E-state index in [1.165, 1.54) is 5.56 Å². The number of hydrogen-bond acceptors (Lipinski definition) is 2. The summed E-state index contributed by atoms with van der Waals surface area (Å²) in [6, 6.07) is 7.92. The van der Waals surface area contributed by atoms with Crippen molar-refractivity contribution in [2.45, 2.75) is 39.8 Å². The van der Waals surface area contributed by atoms with Crippen molar-refractivity contribution in [2.75, 3.05) is 0 Å². The van der Waals surface area contributed by atoms with Gasteiger partial charge in [0.1, 0.15) is 6.61 Å². The summed E-state index contributed by atoms with van der Waals surface area (Å²) in [5.41, 5.74) is 1.93. The van der Waals surface area contributed by atoms with E-state index in [0.29, 0.717) is 6.61 Å². The van der Waals surface area contributed by atoms with Gasteiger partial charge in [0, 0.05) is 5.54 Å². The summed E-state index contributed by atoms with van der Waals surface area (Å²) in [4.78, 5) is 11.4. The summed E-state index contributed by atoms with van der Waals surface area (Å²) in [5, 5.41) is 2.74. The van der Waals surface area contributed by atoms with Crippen LogP contribution < -0.4 is 5.32 Å². The largest absolute Gasteiger partial charge is 0.445 e. The Hall–Kier alpha value is -1.51. The van der Waals surface area contributed by atoms with E-state index in [1.807, 2.05) is 52.0 Å². The Balaban J connectivity index is 2.40.